The first kappa shape index (κ1) is 14.9. The minimum absolute atomic E-state index is 0.0154. The molecule has 0 aliphatic carbocycles. The smallest absolute Gasteiger partial charge is 0.335 e. The number of aromatic carboxylic acids is 1. The normalized spacial score (nSPS) is 16.6. The van der Waals surface area contributed by atoms with E-state index in [4.69, 9.17) is 9.84 Å². The molecule has 0 spiro atoms. The fourth-order valence-electron chi connectivity index (χ4n) is 2.53. The Morgan fingerprint density at radius 3 is 2.75 bits per heavy atom. The van der Waals surface area contributed by atoms with E-state index >= 15 is 0 Å². The second kappa shape index (κ2) is 6.81. The molecular formula is C15H20FNO3. The van der Waals surface area contributed by atoms with Gasteiger partial charge in [0.1, 0.15) is 5.82 Å². The molecule has 1 saturated heterocycles. The molecule has 1 aromatic rings. The summed E-state index contributed by atoms with van der Waals surface area (Å²) in [6.45, 7) is 3.01. The van der Waals surface area contributed by atoms with Crippen LogP contribution >= 0.6 is 0 Å². The van der Waals surface area contributed by atoms with Crippen molar-refractivity contribution in [2.75, 3.05) is 26.8 Å². The predicted octanol–water partition coefficient (Wildman–Crippen LogP) is 2.38. The SMILES string of the molecule is CN(Cc1ccc(C(=O)O)cc1F)CC1CCOCC1. The van der Waals surface area contributed by atoms with Crippen molar-refractivity contribution in [3.8, 4) is 0 Å². The molecular weight excluding hydrogens is 261 g/mol. The zero-order chi connectivity index (χ0) is 14.5. The van der Waals surface area contributed by atoms with Gasteiger partial charge in [-0.15, -0.1) is 0 Å². The summed E-state index contributed by atoms with van der Waals surface area (Å²) in [6.07, 6.45) is 2.09. The average Bonchev–Trinajstić information content (AvgIpc) is 2.42. The van der Waals surface area contributed by atoms with E-state index in [9.17, 15) is 9.18 Å². The number of ether oxygens (including phenoxy) is 1. The molecule has 0 unspecified atom stereocenters. The molecule has 1 heterocycles. The number of benzene rings is 1. The topological polar surface area (TPSA) is 49.8 Å². The summed E-state index contributed by atoms with van der Waals surface area (Å²) in [5.41, 5.74) is 0.517. The lowest BCUT2D eigenvalue weighted by atomic mass is 9.99. The third kappa shape index (κ3) is 4.02. The standard InChI is InChI=1S/C15H20FNO3/c1-17(9-11-4-6-20-7-5-11)10-13-3-2-12(15(18)19)8-14(13)16/h2-3,8,11H,4-7,9-10H2,1H3,(H,18,19). The quantitative estimate of drug-likeness (QED) is 0.900. The first-order valence-corrected chi connectivity index (χ1v) is 6.84. The molecule has 2 rings (SSSR count). The lowest BCUT2D eigenvalue weighted by molar-refractivity contribution is 0.0548. The van der Waals surface area contributed by atoms with Crippen molar-refractivity contribution in [1.82, 2.24) is 4.90 Å². The molecule has 1 aliphatic rings. The Labute approximate surface area is 118 Å². The van der Waals surface area contributed by atoms with Crippen LogP contribution in [-0.2, 0) is 11.3 Å². The monoisotopic (exact) mass is 281 g/mol. The van der Waals surface area contributed by atoms with Gasteiger partial charge in [0, 0.05) is 31.9 Å². The summed E-state index contributed by atoms with van der Waals surface area (Å²) in [5.74, 6) is -0.968. The predicted molar refractivity (Wildman–Crippen MR) is 73.2 cm³/mol. The molecule has 1 N–H and O–H groups in total. The fourth-order valence-corrected chi connectivity index (χ4v) is 2.53. The number of carboxylic acids is 1. The maximum Gasteiger partial charge on any atom is 0.335 e. The molecule has 0 atom stereocenters. The molecule has 0 aromatic heterocycles. The van der Waals surface area contributed by atoms with Gasteiger partial charge in [-0.2, -0.15) is 0 Å². The van der Waals surface area contributed by atoms with Gasteiger partial charge in [0.2, 0.25) is 0 Å². The molecule has 4 nitrogen and oxygen atoms in total. The van der Waals surface area contributed by atoms with Crippen LogP contribution < -0.4 is 0 Å². The Balaban J connectivity index is 1.93. The van der Waals surface area contributed by atoms with Crippen LogP contribution in [0.1, 0.15) is 28.8 Å². The van der Waals surface area contributed by atoms with Crippen molar-refractivity contribution in [2.45, 2.75) is 19.4 Å². The van der Waals surface area contributed by atoms with Crippen molar-refractivity contribution in [3.63, 3.8) is 0 Å². The first-order valence-electron chi connectivity index (χ1n) is 6.84. The fraction of sp³-hybridized carbons (Fsp3) is 0.533. The van der Waals surface area contributed by atoms with Gasteiger partial charge in [0.15, 0.2) is 0 Å². The van der Waals surface area contributed by atoms with Gasteiger partial charge in [0.05, 0.1) is 5.56 Å². The summed E-state index contributed by atoms with van der Waals surface area (Å²) in [5, 5.41) is 8.81. The van der Waals surface area contributed by atoms with Crippen LogP contribution in [0, 0.1) is 11.7 Å². The van der Waals surface area contributed by atoms with Crippen molar-refractivity contribution in [3.05, 3.63) is 35.1 Å². The zero-order valence-corrected chi connectivity index (χ0v) is 11.6. The van der Waals surface area contributed by atoms with E-state index in [1.54, 1.807) is 6.07 Å². The highest BCUT2D eigenvalue weighted by atomic mass is 19.1. The Bertz CT molecular complexity index is 472. The number of hydrogen-bond donors (Lipinski definition) is 1. The Kier molecular flexibility index (Phi) is 5.09. The Hall–Kier alpha value is -1.46. The number of carboxylic acid groups (broad SMARTS) is 1. The van der Waals surface area contributed by atoms with Crippen LogP contribution in [0.4, 0.5) is 4.39 Å². The maximum absolute atomic E-state index is 13.8. The van der Waals surface area contributed by atoms with Crippen LogP contribution in [0.2, 0.25) is 0 Å². The molecule has 1 fully saturated rings. The number of hydrogen-bond acceptors (Lipinski definition) is 3. The third-order valence-corrected chi connectivity index (χ3v) is 3.65. The zero-order valence-electron chi connectivity index (χ0n) is 11.6. The van der Waals surface area contributed by atoms with Crippen LogP contribution in [-0.4, -0.2) is 42.8 Å². The van der Waals surface area contributed by atoms with Gasteiger partial charge in [-0.1, -0.05) is 6.07 Å². The molecule has 0 saturated carbocycles. The van der Waals surface area contributed by atoms with Crippen LogP contribution in [0.25, 0.3) is 0 Å². The van der Waals surface area contributed by atoms with Crippen molar-refractivity contribution in [1.29, 1.82) is 0 Å². The number of halogens is 1. The van der Waals surface area contributed by atoms with Gasteiger partial charge in [0.25, 0.3) is 0 Å². The third-order valence-electron chi connectivity index (χ3n) is 3.65. The van der Waals surface area contributed by atoms with Gasteiger partial charge in [-0.25, -0.2) is 9.18 Å². The highest BCUT2D eigenvalue weighted by molar-refractivity contribution is 5.87. The van der Waals surface area contributed by atoms with E-state index < -0.39 is 11.8 Å². The number of rotatable bonds is 5. The van der Waals surface area contributed by atoms with Crippen molar-refractivity contribution < 1.29 is 19.0 Å². The number of nitrogens with zero attached hydrogens (tertiary/aromatic N) is 1. The van der Waals surface area contributed by atoms with Crippen molar-refractivity contribution >= 4 is 5.97 Å². The lowest BCUT2D eigenvalue weighted by Crippen LogP contribution is -2.29. The minimum Gasteiger partial charge on any atom is -0.478 e. The maximum atomic E-state index is 13.8. The molecule has 1 aromatic carbocycles. The Morgan fingerprint density at radius 2 is 2.15 bits per heavy atom. The molecule has 110 valence electrons. The number of carbonyl (C=O) groups is 1. The highest BCUT2D eigenvalue weighted by Crippen LogP contribution is 2.18. The van der Waals surface area contributed by atoms with Crippen molar-refractivity contribution in [2.24, 2.45) is 5.92 Å². The molecule has 1 aliphatic heterocycles. The van der Waals surface area contributed by atoms with E-state index in [1.165, 1.54) is 6.07 Å². The van der Waals surface area contributed by atoms with Gasteiger partial charge in [-0.3, -0.25) is 0 Å². The molecule has 0 amide bonds. The molecule has 0 radical (unpaired) electrons. The van der Waals surface area contributed by atoms with E-state index in [0.717, 1.165) is 38.7 Å². The second-order valence-electron chi connectivity index (χ2n) is 5.36. The van der Waals surface area contributed by atoms with Gasteiger partial charge >= 0.3 is 5.97 Å². The second-order valence-corrected chi connectivity index (χ2v) is 5.36. The summed E-state index contributed by atoms with van der Waals surface area (Å²) >= 11 is 0. The summed E-state index contributed by atoms with van der Waals surface area (Å²) in [4.78, 5) is 12.8. The Morgan fingerprint density at radius 1 is 1.45 bits per heavy atom. The van der Waals surface area contributed by atoms with Gasteiger partial charge < -0.3 is 14.7 Å². The summed E-state index contributed by atoms with van der Waals surface area (Å²) < 4.78 is 19.2. The van der Waals surface area contributed by atoms with Crippen LogP contribution in [0.3, 0.4) is 0 Å². The van der Waals surface area contributed by atoms with E-state index in [2.05, 4.69) is 4.90 Å². The largest absolute Gasteiger partial charge is 0.478 e. The summed E-state index contributed by atoms with van der Waals surface area (Å²) in [7, 11) is 1.96. The lowest BCUT2D eigenvalue weighted by Gasteiger charge is -2.27. The van der Waals surface area contributed by atoms with E-state index in [0.29, 0.717) is 18.0 Å². The van der Waals surface area contributed by atoms with E-state index in [1.807, 2.05) is 7.05 Å². The van der Waals surface area contributed by atoms with Gasteiger partial charge in [-0.05, 0) is 37.9 Å². The minimum atomic E-state index is -1.11. The van der Waals surface area contributed by atoms with Crippen LogP contribution in [0.5, 0.6) is 0 Å². The van der Waals surface area contributed by atoms with E-state index in [-0.39, 0.29) is 5.56 Å². The summed E-state index contributed by atoms with van der Waals surface area (Å²) in [6, 6.07) is 4.09. The molecule has 20 heavy (non-hydrogen) atoms. The van der Waals surface area contributed by atoms with Crippen LogP contribution in [0.15, 0.2) is 18.2 Å². The molecule has 0 bridgehead atoms. The highest BCUT2D eigenvalue weighted by Gasteiger charge is 2.17. The average molecular weight is 281 g/mol. The molecule has 5 heteroatoms. The first-order chi connectivity index (χ1) is 9.56.